The van der Waals surface area contributed by atoms with E-state index in [2.05, 4.69) is 21.3 Å². The van der Waals surface area contributed by atoms with E-state index in [0.717, 1.165) is 27.7 Å². The number of nitrogens with one attached hydrogen (secondary N) is 4. The highest BCUT2D eigenvalue weighted by Gasteiger charge is 2.64. The standard InChI is InChI=1S/C80H134N4O59/c1-17-37(97)47(107)54(114)74(123-17)140-65-36(84-22(6)96)71(132-30(14-92)62(65)137-76-56(116)49(109)39(99)23(7-85)128-76)122-16-32-45(105)66(141-72-34(82-20(4)94)63(42(102)26(10-88)126-72)138-77-57(117)50(110)40(100)24(8-86)129-77)58(118)78(133-32)135-60-29(13-91)131-70(33(46(60)106)81-19(3)93)121-15-31-44(104)67(59(119)79(134-31)136-61-28(12-90)125-69(120)53(113)52(61)112)142-73-35(83-21(5)95)64(43(103)27(11-89)127-73)139-80-68(51(111)41(101)25(9-87)130-80)143-75-55(115)48(108)38(98)18(2)124-75/h17-18,23-80,85-92,97-120H,7-16H2,1-6H3,(H,81,93)(H,82,94)(H,83,95)(H,84,96)/t17-,18-,23+,24+,25+,26+,27+,28+,29+,30+,31+,32+,33+,34+,35+,36+,37+,38+,39-,40-,41-,42+,43+,44-,45-,46+,47+,48+,49-,50-,51-,52+,53+,54-,55-,56+,57+,58+,59+,60+,61+,62+,63+,64+,65+,66-,67-,68+,69?,70+,71+,72-,73-,74-,75-,76-,77-,78-,79-,80-/m0/s1. The molecule has 0 aromatic rings. The number of hydrogen-bond acceptors (Lipinski definition) is 59. The minimum Gasteiger partial charge on any atom is -0.394 e. The molecule has 0 aliphatic carbocycles. The third-order valence-electron chi connectivity index (χ3n) is 26.6. The second-order valence-electron chi connectivity index (χ2n) is 36.6. The number of hydrogen-bond donors (Lipinski definition) is 36. The third-order valence-corrected chi connectivity index (χ3v) is 26.6. The molecular formula is C80H134N4O59. The van der Waals surface area contributed by atoms with Gasteiger partial charge in [-0.1, -0.05) is 0 Å². The van der Waals surface area contributed by atoms with Crippen LogP contribution in [-0.2, 0) is 128 Å². The third kappa shape index (κ3) is 25.8. The topological polar surface area (TPSA) is 976 Å². The molecule has 63 heteroatoms. The number of carbonyl (C=O) groups is 4. The Bertz CT molecular complexity index is 3960. The molecule has 12 heterocycles. The zero-order valence-electron chi connectivity index (χ0n) is 77.0. The lowest BCUT2D eigenvalue weighted by Gasteiger charge is -2.51. The van der Waals surface area contributed by atoms with Crippen molar-refractivity contribution in [1.82, 2.24) is 21.3 Å². The number of ether oxygens (including phenoxy) is 23. The fraction of sp³-hybridized carbons (Fsp3) is 0.950. The summed E-state index contributed by atoms with van der Waals surface area (Å²) in [6.45, 7) is -5.63. The van der Waals surface area contributed by atoms with Gasteiger partial charge in [-0.25, -0.2) is 0 Å². The molecule has 12 aliphatic heterocycles. The van der Waals surface area contributed by atoms with Crippen molar-refractivity contribution in [3.63, 3.8) is 0 Å². The molecule has 12 rings (SSSR count). The second-order valence-corrected chi connectivity index (χ2v) is 36.6. The van der Waals surface area contributed by atoms with E-state index in [4.69, 9.17) is 109 Å². The highest BCUT2D eigenvalue weighted by Crippen LogP contribution is 2.43. The maximum absolute atomic E-state index is 13.6. The van der Waals surface area contributed by atoms with Crippen molar-refractivity contribution in [2.24, 2.45) is 0 Å². The lowest BCUT2D eigenvalue weighted by Crippen LogP contribution is -2.71. The molecule has 0 radical (unpaired) electrons. The van der Waals surface area contributed by atoms with Gasteiger partial charge in [0.2, 0.25) is 23.6 Å². The van der Waals surface area contributed by atoms with Crippen LogP contribution in [0.2, 0.25) is 0 Å². The summed E-state index contributed by atoms with van der Waals surface area (Å²) in [6, 6.07) is -8.17. The molecule has 12 saturated heterocycles. The van der Waals surface area contributed by atoms with Crippen molar-refractivity contribution in [3.05, 3.63) is 0 Å². The van der Waals surface area contributed by atoms with Crippen LogP contribution in [0, 0.1) is 0 Å². The van der Waals surface area contributed by atoms with Gasteiger partial charge in [0.05, 0.1) is 78.3 Å². The van der Waals surface area contributed by atoms with Crippen molar-refractivity contribution >= 4 is 23.6 Å². The van der Waals surface area contributed by atoms with Crippen molar-refractivity contribution in [3.8, 4) is 0 Å². The quantitative estimate of drug-likeness (QED) is 0.0277. The first-order valence-electron chi connectivity index (χ1n) is 45.9. The van der Waals surface area contributed by atoms with E-state index in [1.54, 1.807) is 0 Å². The Balaban J connectivity index is 0.870. The average molecular weight is 2100 g/mol. The minimum absolute atomic E-state index is 0.877. The first kappa shape index (κ1) is 117. The maximum atomic E-state index is 13.6. The van der Waals surface area contributed by atoms with Gasteiger partial charge in [-0.2, -0.15) is 0 Å². The molecule has 0 bridgehead atoms. The van der Waals surface area contributed by atoms with Crippen LogP contribution < -0.4 is 21.3 Å². The first-order valence-corrected chi connectivity index (χ1v) is 45.9. The van der Waals surface area contributed by atoms with Gasteiger partial charge >= 0.3 is 0 Å². The number of aliphatic hydroxyl groups is 32. The van der Waals surface area contributed by atoms with Gasteiger partial charge in [-0.15, -0.1) is 0 Å². The van der Waals surface area contributed by atoms with E-state index in [0.29, 0.717) is 0 Å². The van der Waals surface area contributed by atoms with Crippen LogP contribution in [0.25, 0.3) is 0 Å². The molecule has 0 aromatic carbocycles. The van der Waals surface area contributed by atoms with Crippen LogP contribution in [0.5, 0.6) is 0 Å². The summed E-state index contributed by atoms with van der Waals surface area (Å²) < 4.78 is 138. The number of amides is 4. The smallest absolute Gasteiger partial charge is 0.217 e. The average Bonchev–Trinajstić information content (AvgIpc) is 0.754. The van der Waals surface area contributed by atoms with Gasteiger partial charge in [0.15, 0.2) is 75.5 Å². The van der Waals surface area contributed by atoms with Gasteiger partial charge in [0.1, 0.15) is 281 Å². The lowest BCUT2D eigenvalue weighted by atomic mass is 9.93. The fourth-order valence-electron chi connectivity index (χ4n) is 18.7. The molecule has 4 amide bonds. The molecule has 63 nitrogen and oxygen atoms in total. The molecule has 60 atom stereocenters. The molecule has 12 fully saturated rings. The Morgan fingerprint density at radius 2 is 0.441 bits per heavy atom. The predicted octanol–water partition coefficient (Wildman–Crippen LogP) is -24.5. The predicted molar refractivity (Wildman–Crippen MR) is 439 cm³/mol. The summed E-state index contributed by atoms with van der Waals surface area (Å²) in [7, 11) is 0. The largest absolute Gasteiger partial charge is 0.394 e. The van der Waals surface area contributed by atoms with Crippen LogP contribution >= 0.6 is 0 Å². The minimum atomic E-state index is -2.63. The molecule has 0 spiro atoms. The number of rotatable bonds is 36. The van der Waals surface area contributed by atoms with E-state index in [9.17, 15) is 183 Å². The van der Waals surface area contributed by atoms with Crippen molar-refractivity contribution in [2.75, 3.05) is 66.1 Å². The Labute approximate surface area is 809 Å². The summed E-state index contributed by atoms with van der Waals surface area (Å²) in [4.78, 5) is 53.9. The number of aliphatic hydroxyl groups excluding tert-OH is 32. The zero-order valence-corrected chi connectivity index (χ0v) is 77.0. The van der Waals surface area contributed by atoms with Crippen LogP contribution in [0.1, 0.15) is 41.5 Å². The second kappa shape index (κ2) is 51.0. The van der Waals surface area contributed by atoms with Gasteiger partial charge in [0.25, 0.3) is 0 Å². The summed E-state index contributed by atoms with van der Waals surface area (Å²) in [5.74, 6) is -4.11. The molecule has 1 unspecified atom stereocenters. The van der Waals surface area contributed by atoms with Gasteiger partial charge in [0, 0.05) is 27.7 Å². The highest BCUT2D eigenvalue weighted by molar-refractivity contribution is 5.74. The van der Waals surface area contributed by atoms with E-state index in [1.165, 1.54) is 13.8 Å². The molecule has 36 N–H and O–H groups in total. The summed E-state index contributed by atoms with van der Waals surface area (Å²) in [5, 5.41) is 369. The molecule has 12 aliphatic rings. The number of carbonyl (C=O) groups excluding carboxylic acids is 4. The van der Waals surface area contributed by atoms with E-state index in [1.807, 2.05) is 0 Å². The van der Waals surface area contributed by atoms with Crippen LogP contribution in [0.3, 0.4) is 0 Å². The highest BCUT2D eigenvalue weighted by atomic mass is 16.8. The van der Waals surface area contributed by atoms with Crippen LogP contribution in [-0.4, -0.2) is 621 Å². The molecule has 143 heavy (non-hydrogen) atoms. The van der Waals surface area contributed by atoms with E-state index >= 15 is 0 Å². The molecule has 828 valence electrons. The SMILES string of the molecule is CC(=O)N[C@H]1[C@H](OC[C@H]2O[C@@H](O[C@H]3[C@H](O)[C@@H](O)C(O)O[C@@H]3CO)[C@H](O)[C@@H](O[C@@H]3O[C@H](CO)[C@@H](O)[C@H](O[C@@H]4O[C@H](CO)[C@H](O)[C@H](O)[C@H]4O[C@@H]4O[C@@H](C)[C@@H](O)[C@@H](O)[C@@H]4O)[C@H]3NC(C)=O)[C@H]2O)O[C@H](CO)[C@@H](O[C@@H]2O[C@H](CO[C@@H]3O[C@H](CO)[C@@H](O[C@@H]4O[C@H](CO)[C@H](O)[C@H](O)[C@H]4O)[C@H](O[C@@H]4O[C@@H](C)[C@@H](O)[C@@H](O)[C@@H]4O)[C@H]3NC(C)=O)[C@H](O)[C@H](O[C@@H]3O[C@H](CO)[C@@H](O)[C@H](O[C@@H]4O[C@H](CO)[C@H](O)[C@H](O)[C@H]4O)[C@H]3NC(C)=O)[C@H]2O)[C@@H]1O. The first-order chi connectivity index (χ1) is 67.6. The molecular weight excluding hydrogens is 1960 g/mol. The van der Waals surface area contributed by atoms with Crippen molar-refractivity contribution in [2.45, 2.75) is 410 Å². The van der Waals surface area contributed by atoms with Crippen LogP contribution in [0.15, 0.2) is 0 Å². The Morgan fingerprint density at radius 3 is 0.832 bits per heavy atom. The fourth-order valence-corrected chi connectivity index (χ4v) is 18.7. The Kier molecular flexibility index (Phi) is 41.8. The molecule has 0 aromatic heterocycles. The van der Waals surface area contributed by atoms with Gasteiger partial charge in [-0.05, 0) is 13.8 Å². The lowest BCUT2D eigenvalue weighted by molar-refractivity contribution is -0.392. The Morgan fingerprint density at radius 1 is 0.196 bits per heavy atom. The molecule has 0 saturated carbocycles. The zero-order chi connectivity index (χ0) is 105. The van der Waals surface area contributed by atoms with Crippen molar-refractivity contribution in [1.29, 1.82) is 0 Å². The van der Waals surface area contributed by atoms with E-state index < -0.39 is 458 Å². The van der Waals surface area contributed by atoms with E-state index in [-0.39, 0.29) is 0 Å². The van der Waals surface area contributed by atoms with Crippen LogP contribution in [0.4, 0.5) is 0 Å². The van der Waals surface area contributed by atoms with Gasteiger partial charge < -0.3 is 294 Å². The van der Waals surface area contributed by atoms with Gasteiger partial charge in [-0.3, -0.25) is 19.2 Å². The van der Waals surface area contributed by atoms with Crippen molar-refractivity contribution < 1.29 is 292 Å². The maximum Gasteiger partial charge on any atom is 0.217 e. The normalized spacial score (nSPS) is 50.7. The summed E-state index contributed by atoms with van der Waals surface area (Å²) in [5.41, 5.74) is 0. The monoisotopic (exact) mass is 2090 g/mol. The summed E-state index contributed by atoms with van der Waals surface area (Å²) >= 11 is 0. The summed E-state index contributed by atoms with van der Waals surface area (Å²) in [6.07, 6.45) is -119. The Hall–Kier alpha value is -4.32.